The van der Waals surface area contributed by atoms with Gasteiger partial charge in [0.1, 0.15) is 0 Å². The molecule has 8 heteroatoms. The maximum atomic E-state index is 13.6. The molecule has 0 spiro atoms. The highest BCUT2D eigenvalue weighted by atomic mass is 16.2. The van der Waals surface area contributed by atoms with Gasteiger partial charge < -0.3 is 20.2 Å². The first-order chi connectivity index (χ1) is 22.7. The number of para-hydroxylation sites is 1. The summed E-state index contributed by atoms with van der Waals surface area (Å²) in [5.74, 6) is -0.0742. The van der Waals surface area contributed by atoms with Gasteiger partial charge in [0.15, 0.2) is 0 Å². The Bertz CT molecular complexity index is 2000. The van der Waals surface area contributed by atoms with Gasteiger partial charge in [0, 0.05) is 72.9 Å². The molecule has 1 aliphatic rings. The first kappa shape index (κ1) is 31.8. The van der Waals surface area contributed by atoms with Crippen LogP contribution in [0.4, 0.5) is 0 Å². The van der Waals surface area contributed by atoms with Gasteiger partial charge in [-0.25, -0.2) is 0 Å². The first-order valence-corrected chi connectivity index (χ1v) is 16.3. The Morgan fingerprint density at radius 2 is 1.74 bits per heavy atom. The van der Waals surface area contributed by atoms with Crippen molar-refractivity contribution in [3.63, 3.8) is 0 Å². The lowest BCUT2D eigenvalue weighted by Crippen LogP contribution is -2.49. The minimum Gasteiger partial charge on any atom is -0.361 e. The van der Waals surface area contributed by atoms with E-state index < -0.39 is 0 Å². The molecule has 1 aliphatic heterocycles. The number of aromatic nitrogens is 2. The van der Waals surface area contributed by atoms with Crippen LogP contribution in [-0.2, 0) is 22.6 Å². The molecule has 6 rings (SSSR count). The van der Waals surface area contributed by atoms with E-state index in [4.69, 9.17) is 0 Å². The number of nitrogens with one attached hydrogen (secondary N) is 3. The van der Waals surface area contributed by atoms with E-state index in [9.17, 15) is 14.9 Å². The Morgan fingerprint density at radius 3 is 2.47 bits per heavy atom. The fourth-order valence-corrected chi connectivity index (χ4v) is 6.77. The average Bonchev–Trinajstić information content (AvgIpc) is 3.67. The molecule has 5 aromatic rings. The number of benzene rings is 3. The van der Waals surface area contributed by atoms with Crippen molar-refractivity contribution < 1.29 is 9.59 Å². The molecule has 0 saturated carbocycles. The summed E-state index contributed by atoms with van der Waals surface area (Å²) >= 11 is 0. The summed E-state index contributed by atoms with van der Waals surface area (Å²) in [5, 5.41) is 14.8. The molecular formula is C39H42N6O2. The Kier molecular flexibility index (Phi) is 9.28. The number of hydrogen-bond donors (Lipinski definition) is 3. The predicted octanol–water partition coefficient (Wildman–Crippen LogP) is 6.31. The second-order valence-electron chi connectivity index (χ2n) is 12.9. The van der Waals surface area contributed by atoms with E-state index in [0.717, 1.165) is 51.5 Å². The molecule has 0 saturated heterocycles. The number of carbonyl (C=O) groups excluding carboxylic acids is 2. The topological polar surface area (TPSA) is 108 Å². The third-order valence-electron chi connectivity index (χ3n) is 9.57. The van der Waals surface area contributed by atoms with Crippen molar-refractivity contribution in [2.24, 2.45) is 0 Å². The molecule has 47 heavy (non-hydrogen) atoms. The number of aromatic amines is 2. The van der Waals surface area contributed by atoms with E-state index in [0.29, 0.717) is 31.6 Å². The number of H-pyrrole nitrogens is 2. The molecule has 1 atom stereocenters. The molecule has 3 N–H and O–H groups in total. The van der Waals surface area contributed by atoms with Crippen molar-refractivity contribution in [1.29, 1.82) is 5.26 Å². The van der Waals surface area contributed by atoms with E-state index in [2.05, 4.69) is 71.3 Å². The fraction of sp³-hybridized carbons (Fsp3) is 0.308. The molecule has 2 amide bonds. The lowest BCUT2D eigenvalue weighted by atomic mass is 9.98. The molecule has 0 unspecified atom stereocenters. The highest BCUT2D eigenvalue weighted by Gasteiger charge is 2.23. The number of fused-ring (bicyclic) bond motifs is 2. The van der Waals surface area contributed by atoms with Crippen LogP contribution < -0.4 is 5.32 Å². The van der Waals surface area contributed by atoms with Crippen LogP contribution in [0.15, 0.2) is 73.1 Å². The second-order valence-corrected chi connectivity index (χ2v) is 12.9. The summed E-state index contributed by atoms with van der Waals surface area (Å²) in [7, 11) is 0. The number of carbonyl (C=O) groups is 2. The molecule has 3 heterocycles. The molecule has 2 aromatic heterocycles. The van der Waals surface area contributed by atoms with Crippen molar-refractivity contribution in [2.75, 3.05) is 26.2 Å². The molecule has 8 nitrogen and oxygen atoms in total. The Hall–Kier alpha value is -5.13. The van der Waals surface area contributed by atoms with Crippen LogP contribution in [0, 0.1) is 32.1 Å². The van der Waals surface area contributed by atoms with E-state index in [1.54, 1.807) is 6.92 Å². The maximum Gasteiger partial charge on any atom is 0.234 e. The predicted molar refractivity (Wildman–Crippen MR) is 188 cm³/mol. The summed E-state index contributed by atoms with van der Waals surface area (Å²) < 4.78 is 0. The van der Waals surface area contributed by atoms with Gasteiger partial charge in [-0.05, 0) is 91.3 Å². The fourth-order valence-electron chi connectivity index (χ4n) is 6.77. The number of hydrogen-bond acceptors (Lipinski definition) is 4. The van der Waals surface area contributed by atoms with Crippen molar-refractivity contribution >= 4 is 39.2 Å². The van der Waals surface area contributed by atoms with Crippen LogP contribution in [0.25, 0.3) is 27.4 Å². The van der Waals surface area contributed by atoms with Gasteiger partial charge >= 0.3 is 0 Å². The maximum absolute atomic E-state index is 13.6. The second kappa shape index (κ2) is 13.7. The van der Waals surface area contributed by atoms with Gasteiger partial charge in [-0.3, -0.25) is 14.5 Å². The van der Waals surface area contributed by atoms with Crippen LogP contribution in [-0.4, -0.2) is 63.8 Å². The number of rotatable bonds is 10. The van der Waals surface area contributed by atoms with E-state index >= 15 is 0 Å². The summed E-state index contributed by atoms with van der Waals surface area (Å²) in [6.45, 7) is 10.5. The van der Waals surface area contributed by atoms with Crippen molar-refractivity contribution in [3.8, 4) is 6.07 Å². The van der Waals surface area contributed by atoms with Crippen LogP contribution in [0.5, 0.6) is 0 Å². The summed E-state index contributed by atoms with van der Waals surface area (Å²) in [4.78, 5) is 37.2. The smallest absolute Gasteiger partial charge is 0.234 e. The average molecular weight is 627 g/mol. The number of amides is 2. The lowest BCUT2D eigenvalue weighted by Gasteiger charge is -2.30. The van der Waals surface area contributed by atoms with Gasteiger partial charge in [-0.1, -0.05) is 36.4 Å². The van der Waals surface area contributed by atoms with Gasteiger partial charge in [0.2, 0.25) is 11.8 Å². The SMILES string of the molecule is CC(=O)N(Cc1cc(C)c(C)c(C)c1)C[C@@H](Cc1c[nH]c2ccccc12)NC(=O)CN1CC=C(c2c[nH]c3ccc(C#N)cc23)CC1. The highest BCUT2D eigenvalue weighted by molar-refractivity contribution is 5.93. The van der Waals surface area contributed by atoms with E-state index in [1.165, 1.54) is 22.3 Å². The van der Waals surface area contributed by atoms with Crippen LogP contribution >= 0.6 is 0 Å². The third-order valence-corrected chi connectivity index (χ3v) is 9.57. The first-order valence-electron chi connectivity index (χ1n) is 16.3. The molecule has 240 valence electrons. The summed E-state index contributed by atoms with van der Waals surface area (Å²) in [5.41, 5.74) is 10.9. The lowest BCUT2D eigenvalue weighted by molar-refractivity contribution is -0.131. The minimum absolute atomic E-state index is 0.0214. The van der Waals surface area contributed by atoms with Crippen molar-refractivity contribution in [3.05, 3.63) is 112 Å². The van der Waals surface area contributed by atoms with Gasteiger partial charge in [0.25, 0.3) is 0 Å². The summed E-state index contributed by atoms with van der Waals surface area (Å²) in [6, 6.07) is 20.1. The molecule has 0 aliphatic carbocycles. The van der Waals surface area contributed by atoms with E-state index in [-0.39, 0.29) is 24.4 Å². The number of aryl methyl sites for hydroxylation is 2. The standard InChI is InChI=1S/C39H42N6O2/c1-25-15-30(16-26(2)27(25)3)22-45(28(4)46)23-33(18-32-20-41-37-8-6-5-7-34(32)37)43-39(47)24-44-13-11-31(12-14-44)36-21-42-38-10-9-29(19-40)17-35(36)38/h5-11,15-17,20-21,33,41-42H,12-14,18,22-24H2,1-4H3,(H,43,47)/t33-/m1/s1. The van der Waals surface area contributed by atoms with Gasteiger partial charge in [-0.2, -0.15) is 5.26 Å². The largest absolute Gasteiger partial charge is 0.361 e. The van der Waals surface area contributed by atoms with E-state index in [1.807, 2.05) is 53.7 Å². The molecule has 0 bridgehead atoms. The molecule has 0 radical (unpaired) electrons. The number of nitrogens with zero attached hydrogens (tertiary/aromatic N) is 3. The number of nitriles is 1. The minimum atomic E-state index is -0.269. The summed E-state index contributed by atoms with van der Waals surface area (Å²) in [6.07, 6.45) is 7.61. The Morgan fingerprint density at radius 1 is 1.00 bits per heavy atom. The Labute approximate surface area is 276 Å². The van der Waals surface area contributed by atoms with Crippen molar-refractivity contribution in [2.45, 2.75) is 53.1 Å². The van der Waals surface area contributed by atoms with Gasteiger partial charge in [-0.15, -0.1) is 0 Å². The van der Waals surface area contributed by atoms with Crippen LogP contribution in [0.1, 0.15) is 52.3 Å². The quantitative estimate of drug-likeness (QED) is 0.169. The Balaban J connectivity index is 1.17. The van der Waals surface area contributed by atoms with Crippen LogP contribution in [0.3, 0.4) is 0 Å². The molecule has 3 aromatic carbocycles. The zero-order valence-corrected chi connectivity index (χ0v) is 27.6. The zero-order chi connectivity index (χ0) is 33.1. The third kappa shape index (κ3) is 7.16. The monoisotopic (exact) mass is 626 g/mol. The van der Waals surface area contributed by atoms with Gasteiger partial charge in [0.05, 0.1) is 24.2 Å². The molecule has 0 fully saturated rings. The normalized spacial score (nSPS) is 14.1. The zero-order valence-electron chi connectivity index (χ0n) is 27.6. The van der Waals surface area contributed by atoms with Crippen molar-refractivity contribution in [1.82, 2.24) is 25.1 Å². The highest BCUT2D eigenvalue weighted by Crippen LogP contribution is 2.30. The van der Waals surface area contributed by atoms with Crippen LogP contribution in [0.2, 0.25) is 0 Å². The molecular weight excluding hydrogens is 584 g/mol.